The number of fused-ring (bicyclic) bond motifs is 1. The van der Waals surface area contributed by atoms with Gasteiger partial charge in [0.2, 0.25) is 5.91 Å². The highest BCUT2D eigenvalue weighted by Gasteiger charge is 2.40. The molecule has 2 aromatic rings. The molecule has 2 aromatic heterocycles. The molecule has 3 aliphatic heterocycles. The number of nitrogen functional groups attached to an aromatic ring is 2. The lowest BCUT2D eigenvalue weighted by Gasteiger charge is -2.38. The van der Waals surface area contributed by atoms with E-state index < -0.39 is 0 Å². The fraction of sp³-hybridized carbons (Fsp3) is 0.560. The molecule has 5 rings (SSSR count). The number of carbonyl (C=O) groups is 1. The summed E-state index contributed by atoms with van der Waals surface area (Å²) in [7, 11) is 3.91. The Balaban J connectivity index is 1.05. The predicted molar refractivity (Wildman–Crippen MR) is 149 cm³/mol. The maximum Gasteiger partial charge on any atom is 0.222 e. The van der Waals surface area contributed by atoms with Crippen LogP contribution in [0.3, 0.4) is 0 Å². The van der Waals surface area contributed by atoms with Gasteiger partial charge in [-0.25, -0.2) is 19.9 Å². The molecule has 12 nitrogen and oxygen atoms in total. The lowest BCUT2D eigenvalue weighted by Crippen LogP contribution is -2.44. The van der Waals surface area contributed by atoms with Crippen LogP contribution in [0.2, 0.25) is 5.15 Å². The first kappa shape index (κ1) is 26.1. The topological polar surface area (TPSA) is 164 Å². The van der Waals surface area contributed by atoms with E-state index >= 15 is 0 Å². The van der Waals surface area contributed by atoms with Crippen molar-refractivity contribution in [2.24, 2.45) is 15.4 Å². The van der Waals surface area contributed by atoms with Crippen LogP contribution in [0.25, 0.3) is 0 Å². The summed E-state index contributed by atoms with van der Waals surface area (Å²) in [6.07, 6.45) is 7.18. The minimum Gasteiger partial charge on any atom is -0.382 e. The Bertz CT molecular complexity index is 1280. The molecule has 3 aliphatic rings. The Hall–Kier alpha value is -3.54. The van der Waals surface area contributed by atoms with Crippen molar-refractivity contribution >= 4 is 52.2 Å². The molecule has 0 aromatic carbocycles. The van der Waals surface area contributed by atoms with Gasteiger partial charge >= 0.3 is 0 Å². The zero-order valence-electron chi connectivity index (χ0n) is 21.9. The average molecular weight is 540 g/mol. The summed E-state index contributed by atoms with van der Waals surface area (Å²) in [6.45, 7) is 2.68. The number of amidine groups is 1. The molecule has 0 saturated carbocycles. The Kier molecular flexibility index (Phi) is 7.33. The summed E-state index contributed by atoms with van der Waals surface area (Å²) in [5, 5.41) is 3.47. The highest BCUT2D eigenvalue weighted by Crippen LogP contribution is 2.39. The van der Waals surface area contributed by atoms with Crippen LogP contribution in [0.5, 0.6) is 0 Å². The quantitative estimate of drug-likeness (QED) is 0.478. The molecule has 0 radical (unpaired) electrons. The standard InChI is InChI=1S/C25H34ClN11O/c1-36(2)24-20-16(31-14-32-24)10-15(33-20)4-3-5-19(38)37-8-6-25(7-9-37)11-18(30-13-25)29-12-17-22(27)35-23(28)21(26)34-17/h14H,3-13H2,1-2H3,(H,29,30)(H4,27,28,35). The number of aliphatic imine (C=N–C) groups is 2. The van der Waals surface area contributed by atoms with Crippen LogP contribution in [0, 0.1) is 5.41 Å². The largest absolute Gasteiger partial charge is 0.382 e. The van der Waals surface area contributed by atoms with E-state index in [2.05, 4.69) is 25.3 Å². The van der Waals surface area contributed by atoms with E-state index in [1.165, 1.54) is 0 Å². The molecule has 0 aliphatic carbocycles. The van der Waals surface area contributed by atoms with Crippen LogP contribution in [0.4, 0.5) is 23.1 Å². The number of anilines is 3. The third-order valence-electron chi connectivity index (χ3n) is 7.57. The fourth-order valence-electron chi connectivity index (χ4n) is 5.32. The van der Waals surface area contributed by atoms with Crippen molar-refractivity contribution < 1.29 is 4.79 Å². The number of rotatable bonds is 7. The molecule has 5 N–H and O–H groups in total. The zero-order valence-corrected chi connectivity index (χ0v) is 22.6. The monoisotopic (exact) mass is 539 g/mol. The van der Waals surface area contributed by atoms with Gasteiger partial charge in [0, 0.05) is 64.1 Å². The number of piperidine rings is 1. The minimum atomic E-state index is 0.102. The maximum atomic E-state index is 12.9. The molecule has 1 saturated heterocycles. The Morgan fingerprint density at radius 2 is 1.97 bits per heavy atom. The van der Waals surface area contributed by atoms with Gasteiger partial charge in [0.15, 0.2) is 16.8 Å². The van der Waals surface area contributed by atoms with Gasteiger partial charge in [-0.2, -0.15) is 0 Å². The van der Waals surface area contributed by atoms with Crippen molar-refractivity contribution in [2.45, 2.75) is 51.5 Å². The number of carbonyl (C=O) groups excluding carboxylic acids is 1. The summed E-state index contributed by atoms with van der Waals surface area (Å²) >= 11 is 5.98. The highest BCUT2D eigenvalue weighted by molar-refractivity contribution is 6.31. The number of halogens is 1. The van der Waals surface area contributed by atoms with Crippen molar-refractivity contribution in [1.82, 2.24) is 30.2 Å². The van der Waals surface area contributed by atoms with Crippen LogP contribution in [-0.2, 0) is 17.8 Å². The smallest absolute Gasteiger partial charge is 0.222 e. The second kappa shape index (κ2) is 10.7. The highest BCUT2D eigenvalue weighted by atomic mass is 35.5. The number of nitrogens with one attached hydrogen (secondary N) is 1. The number of hydrogen-bond acceptors (Lipinski definition) is 11. The van der Waals surface area contributed by atoms with Gasteiger partial charge in [0.05, 0.1) is 18.1 Å². The van der Waals surface area contributed by atoms with E-state index in [9.17, 15) is 4.79 Å². The van der Waals surface area contributed by atoms with Crippen LogP contribution < -0.4 is 21.7 Å². The van der Waals surface area contributed by atoms with Crippen LogP contribution >= 0.6 is 11.6 Å². The molecule has 13 heteroatoms. The Morgan fingerprint density at radius 1 is 1.18 bits per heavy atom. The van der Waals surface area contributed by atoms with E-state index in [-0.39, 0.29) is 28.1 Å². The molecule has 202 valence electrons. The minimum absolute atomic E-state index is 0.102. The lowest BCUT2D eigenvalue weighted by atomic mass is 9.77. The Morgan fingerprint density at radius 3 is 2.74 bits per heavy atom. The van der Waals surface area contributed by atoms with Crippen molar-refractivity contribution in [3.8, 4) is 0 Å². The van der Waals surface area contributed by atoms with Gasteiger partial charge in [-0.15, -0.1) is 0 Å². The number of nitrogens with two attached hydrogens (primary N) is 2. The van der Waals surface area contributed by atoms with Crippen LogP contribution in [0.1, 0.15) is 49.9 Å². The lowest BCUT2D eigenvalue weighted by molar-refractivity contribution is -0.133. The number of aromatic nitrogens is 4. The molecule has 38 heavy (non-hydrogen) atoms. The number of likely N-dealkylation sites (tertiary alicyclic amines) is 1. The van der Waals surface area contributed by atoms with Gasteiger partial charge < -0.3 is 26.6 Å². The summed E-state index contributed by atoms with van der Waals surface area (Å²) in [5.74, 6) is 2.37. The Labute approximate surface area is 227 Å². The third-order valence-corrected chi connectivity index (χ3v) is 7.84. The van der Waals surface area contributed by atoms with Gasteiger partial charge in [-0.1, -0.05) is 11.6 Å². The van der Waals surface area contributed by atoms with E-state index in [1.54, 1.807) is 6.33 Å². The summed E-state index contributed by atoms with van der Waals surface area (Å²) in [5.41, 5.74) is 15.1. The van der Waals surface area contributed by atoms with Crippen molar-refractivity contribution in [3.05, 3.63) is 22.9 Å². The van der Waals surface area contributed by atoms with E-state index in [0.29, 0.717) is 18.7 Å². The van der Waals surface area contributed by atoms with E-state index in [0.717, 1.165) is 86.9 Å². The number of hydrogen-bond donors (Lipinski definition) is 3. The SMILES string of the molecule is CN(C)c1ncnc2c1N=C(CCCC(=O)N1CCC3(CC1)CN=C(NCc1nc(Cl)c(N)nc1N)C3)C2. The second-order valence-electron chi connectivity index (χ2n) is 10.5. The van der Waals surface area contributed by atoms with Crippen LogP contribution in [-0.4, -0.2) is 76.0 Å². The normalized spacial score (nSPS) is 17.8. The van der Waals surface area contributed by atoms with Crippen molar-refractivity contribution in [3.63, 3.8) is 0 Å². The molecule has 0 bridgehead atoms. The average Bonchev–Trinajstić information content (AvgIpc) is 3.49. The van der Waals surface area contributed by atoms with E-state index in [1.807, 2.05) is 23.9 Å². The summed E-state index contributed by atoms with van der Waals surface area (Å²) in [4.78, 5) is 43.3. The first-order valence-electron chi connectivity index (χ1n) is 12.9. The van der Waals surface area contributed by atoms with Crippen molar-refractivity contribution in [2.75, 3.05) is 50.1 Å². The van der Waals surface area contributed by atoms with Crippen molar-refractivity contribution in [1.29, 1.82) is 0 Å². The third kappa shape index (κ3) is 5.50. The molecule has 0 unspecified atom stereocenters. The summed E-state index contributed by atoms with van der Waals surface area (Å²) in [6, 6.07) is 0. The first-order chi connectivity index (χ1) is 18.2. The van der Waals surface area contributed by atoms with Gasteiger partial charge in [0.1, 0.15) is 23.5 Å². The molecular weight excluding hydrogens is 506 g/mol. The van der Waals surface area contributed by atoms with Gasteiger partial charge in [-0.05, 0) is 25.7 Å². The first-order valence-corrected chi connectivity index (χ1v) is 13.3. The van der Waals surface area contributed by atoms with Crippen LogP contribution in [0.15, 0.2) is 16.3 Å². The molecule has 5 heterocycles. The molecule has 1 amide bonds. The zero-order chi connectivity index (χ0) is 26.9. The second-order valence-corrected chi connectivity index (χ2v) is 10.9. The number of nitrogens with zero attached hydrogens (tertiary/aromatic N) is 8. The maximum absolute atomic E-state index is 12.9. The molecule has 1 spiro atoms. The molecular formula is C25H34ClN11O. The molecule has 0 atom stereocenters. The molecule has 1 fully saturated rings. The van der Waals surface area contributed by atoms with E-state index in [4.69, 9.17) is 33.1 Å². The summed E-state index contributed by atoms with van der Waals surface area (Å²) < 4.78 is 0. The van der Waals surface area contributed by atoms with Gasteiger partial charge in [-0.3, -0.25) is 14.8 Å². The van der Waals surface area contributed by atoms with Gasteiger partial charge in [0.25, 0.3) is 0 Å². The predicted octanol–water partition coefficient (Wildman–Crippen LogP) is 2.15. The fourth-order valence-corrected chi connectivity index (χ4v) is 5.46. The number of amides is 1.